The quantitative estimate of drug-likeness (QED) is 0.660. The van der Waals surface area contributed by atoms with Gasteiger partial charge >= 0.3 is 0 Å². The van der Waals surface area contributed by atoms with Crippen molar-refractivity contribution in [1.82, 2.24) is 15.2 Å². The second-order valence-electron chi connectivity index (χ2n) is 8.19. The minimum Gasteiger partial charge on any atom is -0.349 e. The van der Waals surface area contributed by atoms with E-state index in [-0.39, 0.29) is 5.91 Å². The normalized spacial score (nSPS) is 19.9. The van der Waals surface area contributed by atoms with Gasteiger partial charge in [-0.15, -0.1) is 11.8 Å². The molecule has 1 saturated heterocycles. The zero-order valence-corrected chi connectivity index (χ0v) is 17.6. The number of aromatic nitrogens is 1. The van der Waals surface area contributed by atoms with E-state index in [0.29, 0.717) is 12.2 Å². The van der Waals surface area contributed by atoms with Gasteiger partial charge in [0.15, 0.2) is 0 Å². The molecule has 27 heavy (non-hydrogen) atoms. The van der Waals surface area contributed by atoms with Crippen molar-refractivity contribution in [2.75, 3.05) is 32.4 Å². The fraction of sp³-hybridized carbons (Fsp3) is 0.727. The molecule has 1 amide bonds. The lowest BCUT2D eigenvalue weighted by atomic mass is 9.82. The van der Waals surface area contributed by atoms with Crippen LogP contribution in [-0.4, -0.2) is 48.2 Å². The molecule has 0 aromatic carbocycles. The van der Waals surface area contributed by atoms with Gasteiger partial charge in [-0.1, -0.05) is 51.0 Å². The van der Waals surface area contributed by atoms with Crippen LogP contribution in [-0.2, 0) is 0 Å². The van der Waals surface area contributed by atoms with Gasteiger partial charge in [-0.2, -0.15) is 0 Å². The van der Waals surface area contributed by atoms with Crippen molar-refractivity contribution in [3.63, 3.8) is 0 Å². The lowest BCUT2D eigenvalue weighted by molar-refractivity contribution is 0.0937. The van der Waals surface area contributed by atoms with Gasteiger partial charge in [0.1, 0.15) is 5.69 Å². The van der Waals surface area contributed by atoms with E-state index >= 15 is 0 Å². The summed E-state index contributed by atoms with van der Waals surface area (Å²) in [4.78, 5) is 19.1. The van der Waals surface area contributed by atoms with Crippen LogP contribution in [0.15, 0.2) is 23.2 Å². The topological polar surface area (TPSA) is 45.2 Å². The number of thioether (sulfide) groups is 1. The molecule has 1 saturated carbocycles. The molecular formula is C22H35N3OS. The summed E-state index contributed by atoms with van der Waals surface area (Å²) in [6, 6.07) is 5.61. The molecule has 1 aliphatic heterocycles. The summed E-state index contributed by atoms with van der Waals surface area (Å²) >= 11 is 1.56. The Balaban J connectivity index is 1.29. The van der Waals surface area contributed by atoms with Gasteiger partial charge in [-0.05, 0) is 56.2 Å². The van der Waals surface area contributed by atoms with Crippen LogP contribution in [0.25, 0.3) is 0 Å². The molecular weight excluding hydrogens is 354 g/mol. The predicted molar refractivity (Wildman–Crippen MR) is 113 cm³/mol. The molecule has 0 bridgehead atoms. The van der Waals surface area contributed by atoms with Crippen molar-refractivity contribution in [2.45, 2.75) is 62.8 Å². The summed E-state index contributed by atoms with van der Waals surface area (Å²) < 4.78 is 0. The zero-order chi connectivity index (χ0) is 18.9. The number of carbonyl (C=O) groups is 1. The lowest BCUT2D eigenvalue weighted by Gasteiger charge is -2.33. The Labute approximate surface area is 168 Å². The third-order valence-corrected chi connectivity index (χ3v) is 6.94. The first-order valence-electron chi connectivity index (χ1n) is 10.8. The van der Waals surface area contributed by atoms with Crippen molar-refractivity contribution < 1.29 is 4.79 Å². The SMILES string of the molecule is CSc1cccc(C(=O)NCCN2CCC(CCC3CCCCC3)CC2)n1. The van der Waals surface area contributed by atoms with Crippen molar-refractivity contribution in [1.29, 1.82) is 0 Å². The highest BCUT2D eigenvalue weighted by Crippen LogP contribution is 2.31. The van der Waals surface area contributed by atoms with E-state index in [0.717, 1.165) is 23.4 Å². The van der Waals surface area contributed by atoms with Crippen molar-refractivity contribution >= 4 is 17.7 Å². The zero-order valence-electron chi connectivity index (χ0n) is 16.8. The molecule has 1 aromatic rings. The van der Waals surface area contributed by atoms with Crippen LogP contribution >= 0.6 is 11.8 Å². The van der Waals surface area contributed by atoms with Crippen molar-refractivity contribution in [2.24, 2.45) is 11.8 Å². The summed E-state index contributed by atoms with van der Waals surface area (Å²) in [6.45, 7) is 4.02. The Morgan fingerprint density at radius 2 is 1.81 bits per heavy atom. The Kier molecular flexibility index (Phi) is 8.46. The molecule has 0 unspecified atom stereocenters. The summed E-state index contributed by atoms with van der Waals surface area (Å²) in [5, 5.41) is 3.91. The fourth-order valence-electron chi connectivity index (χ4n) is 4.52. The maximum Gasteiger partial charge on any atom is 0.269 e. The molecule has 4 nitrogen and oxygen atoms in total. The van der Waals surface area contributed by atoms with Crippen LogP contribution in [0.5, 0.6) is 0 Å². The number of amides is 1. The monoisotopic (exact) mass is 389 g/mol. The van der Waals surface area contributed by atoms with Crippen LogP contribution in [0.3, 0.4) is 0 Å². The number of carbonyl (C=O) groups excluding carboxylic acids is 1. The molecule has 0 radical (unpaired) electrons. The standard InChI is InChI=1S/C22H35N3OS/c1-27-21-9-5-8-20(24-21)22(26)23-14-17-25-15-12-19(13-16-25)11-10-18-6-3-2-4-7-18/h5,8-9,18-19H,2-4,6-7,10-17H2,1H3,(H,23,26). The largest absolute Gasteiger partial charge is 0.349 e. The molecule has 3 rings (SSSR count). The molecule has 150 valence electrons. The third kappa shape index (κ3) is 6.79. The second-order valence-corrected chi connectivity index (χ2v) is 9.01. The average Bonchev–Trinajstić information content (AvgIpc) is 2.74. The van der Waals surface area contributed by atoms with E-state index in [4.69, 9.17) is 0 Å². The van der Waals surface area contributed by atoms with Crippen LogP contribution in [0.2, 0.25) is 0 Å². The summed E-state index contributed by atoms with van der Waals surface area (Å²) in [5.41, 5.74) is 0.517. The van der Waals surface area contributed by atoms with E-state index in [1.54, 1.807) is 17.8 Å². The third-order valence-electron chi connectivity index (χ3n) is 6.29. The van der Waals surface area contributed by atoms with Crippen LogP contribution in [0, 0.1) is 11.8 Å². The smallest absolute Gasteiger partial charge is 0.269 e. The Morgan fingerprint density at radius 1 is 1.11 bits per heavy atom. The predicted octanol–water partition coefficient (Wildman–Crippen LogP) is 4.61. The molecule has 1 aliphatic carbocycles. The number of rotatable bonds is 8. The van der Waals surface area contributed by atoms with E-state index in [1.807, 2.05) is 18.4 Å². The number of nitrogens with one attached hydrogen (secondary N) is 1. The number of pyridine rings is 1. The number of piperidine rings is 1. The number of hydrogen-bond acceptors (Lipinski definition) is 4. The van der Waals surface area contributed by atoms with Gasteiger partial charge in [0.2, 0.25) is 0 Å². The molecule has 2 heterocycles. The number of likely N-dealkylation sites (tertiary alicyclic amines) is 1. The molecule has 0 atom stereocenters. The minimum absolute atomic E-state index is 0.0618. The van der Waals surface area contributed by atoms with Gasteiger partial charge < -0.3 is 10.2 Å². The Hall–Kier alpha value is -1.07. The highest BCUT2D eigenvalue weighted by atomic mass is 32.2. The molecule has 2 fully saturated rings. The highest BCUT2D eigenvalue weighted by Gasteiger charge is 2.21. The maximum absolute atomic E-state index is 12.2. The first-order chi connectivity index (χ1) is 13.2. The van der Waals surface area contributed by atoms with Gasteiger partial charge in [0, 0.05) is 13.1 Å². The van der Waals surface area contributed by atoms with Gasteiger partial charge in [0.25, 0.3) is 5.91 Å². The number of nitrogens with zero attached hydrogens (tertiary/aromatic N) is 2. The maximum atomic E-state index is 12.2. The van der Waals surface area contributed by atoms with Crippen LogP contribution < -0.4 is 5.32 Å². The highest BCUT2D eigenvalue weighted by molar-refractivity contribution is 7.98. The van der Waals surface area contributed by atoms with E-state index in [1.165, 1.54) is 70.9 Å². The first-order valence-corrected chi connectivity index (χ1v) is 12.0. The number of hydrogen-bond donors (Lipinski definition) is 1. The molecule has 1 aromatic heterocycles. The molecule has 0 spiro atoms. The molecule has 1 N–H and O–H groups in total. The van der Waals surface area contributed by atoms with Gasteiger partial charge in [-0.3, -0.25) is 4.79 Å². The van der Waals surface area contributed by atoms with Crippen LogP contribution in [0.1, 0.15) is 68.3 Å². The molecule has 2 aliphatic rings. The Bertz CT molecular complexity index is 581. The summed E-state index contributed by atoms with van der Waals surface area (Å²) in [6.07, 6.45) is 14.9. The average molecular weight is 390 g/mol. The van der Waals surface area contributed by atoms with Gasteiger partial charge in [0.05, 0.1) is 5.03 Å². The van der Waals surface area contributed by atoms with Gasteiger partial charge in [-0.25, -0.2) is 4.98 Å². The summed E-state index contributed by atoms with van der Waals surface area (Å²) in [5.74, 6) is 1.88. The first kappa shape index (κ1) is 20.7. The van der Waals surface area contributed by atoms with E-state index < -0.39 is 0 Å². The van der Waals surface area contributed by atoms with Crippen molar-refractivity contribution in [3.8, 4) is 0 Å². The lowest BCUT2D eigenvalue weighted by Crippen LogP contribution is -2.39. The fourth-order valence-corrected chi connectivity index (χ4v) is 4.92. The van der Waals surface area contributed by atoms with E-state index in [9.17, 15) is 4.79 Å². The Morgan fingerprint density at radius 3 is 2.52 bits per heavy atom. The minimum atomic E-state index is -0.0618. The van der Waals surface area contributed by atoms with Crippen molar-refractivity contribution in [3.05, 3.63) is 23.9 Å². The second kappa shape index (κ2) is 11.1. The molecule has 5 heteroatoms. The van der Waals surface area contributed by atoms with E-state index in [2.05, 4.69) is 15.2 Å². The van der Waals surface area contributed by atoms with Crippen LogP contribution in [0.4, 0.5) is 0 Å². The summed E-state index contributed by atoms with van der Waals surface area (Å²) in [7, 11) is 0.